The van der Waals surface area contributed by atoms with E-state index in [2.05, 4.69) is 18.0 Å². The Morgan fingerprint density at radius 1 is 1.26 bits per heavy atom. The van der Waals surface area contributed by atoms with E-state index in [0.29, 0.717) is 29.4 Å². The lowest BCUT2D eigenvalue weighted by Crippen LogP contribution is -2.21. The summed E-state index contributed by atoms with van der Waals surface area (Å²) in [6.45, 7) is 4.13. The van der Waals surface area contributed by atoms with Gasteiger partial charge in [-0.15, -0.1) is 6.58 Å². The molecule has 102 valence electrons. The monoisotopic (exact) mass is 262 g/mol. The van der Waals surface area contributed by atoms with Gasteiger partial charge in [0.2, 0.25) is 0 Å². The maximum absolute atomic E-state index is 9.28. The molecule has 0 aliphatic heterocycles. The number of nitriles is 1. The first kappa shape index (κ1) is 14.9. The van der Waals surface area contributed by atoms with Gasteiger partial charge in [-0.3, -0.25) is 5.32 Å². The highest BCUT2D eigenvalue weighted by atomic mass is 16.5. The zero-order valence-corrected chi connectivity index (χ0v) is 11.4. The molecule has 1 rings (SSSR count). The topological polar surface area (TPSA) is 63.5 Å². The average molecular weight is 262 g/mol. The quantitative estimate of drug-likeness (QED) is 0.762. The molecule has 0 radical (unpaired) electrons. The number of hydrogen-bond donors (Lipinski definition) is 1. The predicted molar refractivity (Wildman–Crippen MR) is 72.7 cm³/mol. The Bertz CT molecular complexity index is 455. The number of rotatable bonds is 7. The number of benzene rings is 1. The molecule has 5 heteroatoms. The van der Waals surface area contributed by atoms with Crippen LogP contribution in [0.5, 0.6) is 17.2 Å². The van der Waals surface area contributed by atoms with Gasteiger partial charge in [0.1, 0.15) is 23.3 Å². The number of nitrogens with zero attached hydrogens (tertiary/aromatic N) is 1. The highest BCUT2D eigenvalue weighted by molar-refractivity contribution is 5.53. The molecule has 0 spiro atoms. The SMILES string of the molecule is C=CCNC(C#N)c1c(OC)cc(OC)cc1OC. The molecule has 0 saturated heterocycles. The molecule has 0 aliphatic rings. The van der Waals surface area contributed by atoms with Gasteiger partial charge in [0.25, 0.3) is 0 Å². The first-order valence-corrected chi connectivity index (χ1v) is 5.75. The van der Waals surface area contributed by atoms with Gasteiger partial charge in [0.05, 0.1) is 33.0 Å². The largest absolute Gasteiger partial charge is 0.496 e. The lowest BCUT2D eigenvalue weighted by molar-refractivity contribution is 0.364. The minimum Gasteiger partial charge on any atom is -0.496 e. The van der Waals surface area contributed by atoms with Crippen LogP contribution < -0.4 is 19.5 Å². The van der Waals surface area contributed by atoms with Crippen molar-refractivity contribution in [1.29, 1.82) is 5.26 Å². The Morgan fingerprint density at radius 3 is 2.21 bits per heavy atom. The van der Waals surface area contributed by atoms with E-state index in [1.54, 1.807) is 39.5 Å². The smallest absolute Gasteiger partial charge is 0.132 e. The molecule has 1 N–H and O–H groups in total. The molecular formula is C14H18N2O3. The summed E-state index contributed by atoms with van der Waals surface area (Å²) in [5.74, 6) is 1.69. The van der Waals surface area contributed by atoms with Crippen LogP contribution in [-0.2, 0) is 0 Å². The molecule has 0 bridgehead atoms. The summed E-state index contributed by atoms with van der Waals surface area (Å²) in [5.41, 5.74) is 0.648. The summed E-state index contributed by atoms with van der Waals surface area (Å²) in [6.07, 6.45) is 1.69. The third-order valence-electron chi connectivity index (χ3n) is 2.64. The molecule has 0 aliphatic carbocycles. The minimum absolute atomic E-state index is 0.510. The van der Waals surface area contributed by atoms with Crippen LogP contribution in [0, 0.1) is 11.3 Å². The van der Waals surface area contributed by atoms with Gasteiger partial charge in [-0.2, -0.15) is 5.26 Å². The lowest BCUT2D eigenvalue weighted by Gasteiger charge is -2.18. The molecule has 1 aromatic rings. The normalized spacial score (nSPS) is 11.3. The molecule has 0 aromatic heterocycles. The maximum Gasteiger partial charge on any atom is 0.132 e. The fraction of sp³-hybridized carbons (Fsp3) is 0.357. The van der Waals surface area contributed by atoms with E-state index in [1.165, 1.54) is 0 Å². The molecule has 5 nitrogen and oxygen atoms in total. The van der Waals surface area contributed by atoms with Crippen molar-refractivity contribution in [3.63, 3.8) is 0 Å². The van der Waals surface area contributed by atoms with Gasteiger partial charge >= 0.3 is 0 Å². The fourth-order valence-corrected chi connectivity index (χ4v) is 1.73. The average Bonchev–Trinajstić information content (AvgIpc) is 2.47. The van der Waals surface area contributed by atoms with Gasteiger partial charge in [-0.1, -0.05) is 6.08 Å². The van der Waals surface area contributed by atoms with E-state index in [0.717, 1.165) is 0 Å². The summed E-state index contributed by atoms with van der Waals surface area (Å²) in [4.78, 5) is 0. The highest BCUT2D eigenvalue weighted by Crippen LogP contribution is 2.38. The molecule has 1 atom stereocenters. The molecule has 1 aromatic carbocycles. The van der Waals surface area contributed by atoms with E-state index < -0.39 is 6.04 Å². The molecule has 0 heterocycles. The Kier molecular flexibility index (Phi) is 5.71. The highest BCUT2D eigenvalue weighted by Gasteiger charge is 2.21. The van der Waals surface area contributed by atoms with Crippen molar-refractivity contribution in [2.24, 2.45) is 0 Å². The number of hydrogen-bond acceptors (Lipinski definition) is 5. The Labute approximate surface area is 113 Å². The second-order valence-corrected chi connectivity index (χ2v) is 3.70. The number of methoxy groups -OCH3 is 3. The zero-order valence-electron chi connectivity index (χ0n) is 11.4. The molecule has 1 unspecified atom stereocenters. The van der Waals surface area contributed by atoms with Crippen molar-refractivity contribution < 1.29 is 14.2 Å². The van der Waals surface area contributed by atoms with E-state index in [1.807, 2.05) is 0 Å². The predicted octanol–water partition coefficient (Wildman–Crippen LogP) is 2.05. The number of ether oxygens (including phenoxy) is 3. The summed E-state index contributed by atoms with van der Waals surface area (Å²) in [7, 11) is 4.64. The summed E-state index contributed by atoms with van der Waals surface area (Å²) in [6, 6.07) is 5.07. The van der Waals surface area contributed by atoms with Gasteiger partial charge < -0.3 is 14.2 Å². The van der Waals surface area contributed by atoms with Crippen LogP contribution in [0.15, 0.2) is 24.8 Å². The standard InChI is InChI=1S/C14H18N2O3/c1-5-6-16-11(9-15)14-12(18-3)7-10(17-2)8-13(14)19-4/h5,7-8,11,16H,1,6H2,2-4H3. The van der Waals surface area contributed by atoms with Gasteiger partial charge in [-0.25, -0.2) is 0 Å². The molecule has 0 amide bonds. The van der Waals surface area contributed by atoms with Crippen molar-refractivity contribution in [1.82, 2.24) is 5.32 Å². The molecule has 19 heavy (non-hydrogen) atoms. The van der Waals surface area contributed by atoms with Crippen LogP contribution in [0.1, 0.15) is 11.6 Å². The Hall–Kier alpha value is -2.19. The molecular weight excluding hydrogens is 244 g/mol. The van der Waals surface area contributed by atoms with Crippen LogP contribution in [-0.4, -0.2) is 27.9 Å². The first-order valence-electron chi connectivity index (χ1n) is 5.75. The summed E-state index contributed by atoms with van der Waals surface area (Å²) >= 11 is 0. The van der Waals surface area contributed by atoms with Crippen LogP contribution in [0.25, 0.3) is 0 Å². The van der Waals surface area contributed by atoms with Crippen LogP contribution in [0.3, 0.4) is 0 Å². The number of nitrogens with one attached hydrogen (secondary N) is 1. The van der Waals surface area contributed by atoms with Crippen molar-refractivity contribution in [3.05, 3.63) is 30.4 Å². The maximum atomic E-state index is 9.28. The van der Waals surface area contributed by atoms with Gasteiger partial charge in [-0.05, 0) is 0 Å². The third-order valence-corrected chi connectivity index (χ3v) is 2.64. The second kappa shape index (κ2) is 7.29. The van der Waals surface area contributed by atoms with Gasteiger partial charge in [0.15, 0.2) is 0 Å². The van der Waals surface area contributed by atoms with E-state index in [4.69, 9.17) is 14.2 Å². The fourth-order valence-electron chi connectivity index (χ4n) is 1.73. The van der Waals surface area contributed by atoms with E-state index in [-0.39, 0.29) is 0 Å². The van der Waals surface area contributed by atoms with Gasteiger partial charge in [0, 0.05) is 18.7 Å². The summed E-state index contributed by atoms with van der Waals surface area (Å²) in [5, 5.41) is 12.3. The van der Waals surface area contributed by atoms with Crippen LogP contribution in [0.4, 0.5) is 0 Å². The lowest BCUT2D eigenvalue weighted by atomic mass is 10.0. The van der Waals surface area contributed by atoms with Crippen molar-refractivity contribution in [2.75, 3.05) is 27.9 Å². The zero-order chi connectivity index (χ0) is 14.3. The second-order valence-electron chi connectivity index (χ2n) is 3.70. The van der Waals surface area contributed by atoms with Crippen LogP contribution >= 0.6 is 0 Å². The Balaban J connectivity index is 3.29. The van der Waals surface area contributed by atoms with E-state index in [9.17, 15) is 5.26 Å². The van der Waals surface area contributed by atoms with E-state index >= 15 is 0 Å². The Morgan fingerprint density at radius 2 is 1.84 bits per heavy atom. The molecule has 0 saturated carbocycles. The summed E-state index contributed by atoms with van der Waals surface area (Å²) < 4.78 is 15.8. The van der Waals surface area contributed by atoms with Crippen molar-refractivity contribution in [2.45, 2.75) is 6.04 Å². The van der Waals surface area contributed by atoms with Crippen molar-refractivity contribution >= 4 is 0 Å². The first-order chi connectivity index (χ1) is 9.21. The molecule has 0 fully saturated rings. The van der Waals surface area contributed by atoms with Crippen molar-refractivity contribution in [3.8, 4) is 23.3 Å². The third kappa shape index (κ3) is 3.39. The van der Waals surface area contributed by atoms with Crippen LogP contribution in [0.2, 0.25) is 0 Å². The minimum atomic E-state index is -0.547.